The molecular weight excluding hydrogens is 520 g/mol. The highest BCUT2D eigenvalue weighted by atomic mass is 35.5. The first-order valence-electron chi connectivity index (χ1n) is 11.4. The van der Waals surface area contributed by atoms with E-state index in [-0.39, 0.29) is 10.6 Å². The van der Waals surface area contributed by atoms with Crippen molar-refractivity contribution in [1.29, 1.82) is 0 Å². The Hall–Kier alpha value is -4.38. The van der Waals surface area contributed by atoms with E-state index in [1.165, 1.54) is 25.4 Å². The maximum absolute atomic E-state index is 13.4. The third-order valence-electron chi connectivity index (χ3n) is 5.77. The number of ether oxygens (including phenoxy) is 1. The molecule has 0 saturated carbocycles. The predicted molar refractivity (Wildman–Crippen MR) is 152 cm³/mol. The van der Waals surface area contributed by atoms with Gasteiger partial charge in [0.05, 0.1) is 23.3 Å². The fourth-order valence-corrected chi connectivity index (χ4v) is 5.57. The summed E-state index contributed by atoms with van der Waals surface area (Å²) in [7, 11) is -2.67. The fraction of sp³-hybridized carbons (Fsp3) is 0.0667. The Bertz CT molecular complexity index is 1770. The van der Waals surface area contributed by atoms with Crippen molar-refractivity contribution in [2.45, 2.75) is 11.8 Å². The second kappa shape index (κ2) is 11.3. The van der Waals surface area contributed by atoms with Crippen molar-refractivity contribution in [3.8, 4) is 11.8 Å². The van der Waals surface area contributed by atoms with E-state index in [9.17, 15) is 13.2 Å². The average molecular weight is 543 g/mol. The van der Waals surface area contributed by atoms with Crippen LogP contribution in [0, 0.1) is 18.8 Å². The lowest BCUT2D eigenvalue weighted by Crippen LogP contribution is -2.15. The van der Waals surface area contributed by atoms with Crippen molar-refractivity contribution >= 4 is 49.1 Å². The second-order valence-corrected chi connectivity index (χ2v) is 10.2. The Balaban J connectivity index is 1.73. The van der Waals surface area contributed by atoms with Crippen molar-refractivity contribution < 1.29 is 17.9 Å². The zero-order chi connectivity index (χ0) is 27.3. The zero-order valence-corrected chi connectivity index (χ0v) is 22.2. The van der Waals surface area contributed by atoms with Gasteiger partial charge >= 0.3 is 5.97 Å². The minimum Gasteiger partial charge on any atom is -0.464 e. The Morgan fingerprint density at radius 1 is 1.00 bits per heavy atom. The van der Waals surface area contributed by atoms with Crippen molar-refractivity contribution in [1.82, 2.24) is 4.98 Å². The average Bonchev–Trinajstić information content (AvgIpc) is 2.92. The molecule has 1 heterocycles. The summed E-state index contributed by atoms with van der Waals surface area (Å²) in [6.45, 7) is 5.34. The van der Waals surface area contributed by atoms with Crippen LogP contribution < -0.4 is 4.72 Å². The van der Waals surface area contributed by atoms with E-state index in [0.29, 0.717) is 38.4 Å². The van der Waals surface area contributed by atoms with Gasteiger partial charge in [-0.15, -0.1) is 0 Å². The number of fused-ring (bicyclic) bond motifs is 1. The van der Waals surface area contributed by atoms with E-state index < -0.39 is 16.0 Å². The van der Waals surface area contributed by atoms with Gasteiger partial charge in [0.25, 0.3) is 10.0 Å². The molecule has 0 amide bonds. The number of rotatable bonds is 6. The predicted octanol–water partition coefficient (Wildman–Crippen LogP) is 6.30. The molecule has 1 aromatic heterocycles. The number of sulfonamides is 1. The second-order valence-electron chi connectivity index (χ2n) is 8.14. The summed E-state index contributed by atoms with van der Waals surface area (Å²) in [5.74, 6) is 5.57. The lowest BCUT2D eigenvalue weighted by molar-refractivity contribution is 0.0596. The van der Waals surface area contributed by atoms with Crippen LogP contribution in [0.15, 0.2) is 96.6 Å². The zero-order valence-electron chi connectivity index (χ0n) is 20.7. The van der Waals surface area contributed by atoms with Crippen LogP contribution >= 0.6 is 11.6 Å². The van der Waals surface area contributed by atoms with Gasteiger partial charge in [-0.1, -0.05) is 84.6 Å². The number of carbonyl (C=O) groups is 1. The van der Waals surface area contributed by atoms with Crippen LogP contribution in [-0.2, 0) is 14.8 Å². The lowest BCUT2D eigenvalue weighted by atomic mass is 10.0. The number of halogens is 1. The highest BCUT2D eigenvalue weighted by Crippen LogP contribution is 2.29. The van der Waals surface area contributed by atoms with Crippen LogP contribution in [0.2, 0.25) is 0 Å². The minimum absolute atomic E-state index is 0.0990. The summed E-state index contributed by atoms with van der Waals surface area (Å²) in [6, 6.07) is 19.0. The molecule has 8 heteroatoms. The molecule has 6 nitrogen and oxygen atoms in total. The highest BCUT2D eigenvalue weighted by Gasteiger charge is 2.20. The van der Waals surface area contributed by atoms with Gasteiger partial charge in [-0.2, -0.15) is 0 Å². The first-order chi connectivity index (χ1) is 18.3. The number of allylic oxidation sites excluding steroid dienone is 2. The molecule has 0 aliphatic rings. The summed E-state index contributed by atoms with van der Waals surface area (Å²) in [6.07, 6.45) is 4.65. The standard InChI is InChI=1S/C30H23ClN2O4S/c1-4-10-26(31)23-14-9-16-28(20(23)2)38(35,36)33-27-15-8-5-11-21(27)17-18-22-19-32-29(30(34)37-3)25-13-7-6-12-24(22)25/h4-16,19,33H,1H2,2-3H3/b26-10+. The lowest BCUT2D eigenvalue weighted by Gasteiger charge is -2.14. The number of aromatic nitrogens is 1. The van der Waals surface area contributed by atoms with Crippen LogP contribution in [-0.4, -0.2) is 26.5 Å². The van der Waals surface area contributed by atoms with Crippen LogP contribution in [0.25, 0.3) is 15.8 Å². The number of carbonyl (C=O) groups excluding carboxylic acids is 1. The van der Waals surface area contributed by atoms with Crippen molar-refractivity contribution in [2.24, 2.45) is 0 Å². The van der Waals surface area contributed by atoms with Crippen molar-refractivity contribution in [3.63, 3.8) is 0 Å². The molecule has 190 valence electrons. The van der Waals surface area contributed by atoms with Crippen LogP contribution in [0.1, 0.15) is 32.7 Å². The van der Waals surface area contributed by atoms with Gasteiger partial charge < -0.3 is 4.74 Å². The number of nitrogens with zero attached hydrogens (tertiary/aromatic N) is 1. The molecule has 0 radical (unpaired) electrons. The number of esters is 1. The van der Waals surface area contributed by atoms with E-state index in [0.717, 1.165) is 5.39 Å². The molecule has 0 unspecified atom stereocenters. The Kier molecular flexibility index (Phi) is 7.96. The third kappa shape index (κ3) is 5.47. The summed E-state index contributed by atoms with van der Waals surface area (Å²) in [5, 5.41) is 1.73. The quantitative estimate of drug-likeness (QED) is 0.176. The number of para-hydroxylation sites is 1. The summed E-state index contributed by atoms with van der Waals surface area (Å²) < 4.78 is 34.3. The van der Waals surface area contributed by atoms with Gasteiger partial charge in [-0.3, -0.25) is 4.72 Å². The highest BCUT2D eigenvalue weighted by molar-refractivity contribution is 7.92. The minimum atomic E-state index is -3.97. The molecule has 38 heavy (non-hydrogen) atoms. The van der Waals surface area contributed by atoms with E-state index in [1.54, 1.807) is 61.5 Å². The van der Waals surface area contributed by atoms with Crippen LogP contribution in [0.5, 0.6) is 0 Å². The number of nitrogens with one attached hydrogen (secondary N) is 1. The van der Waals surface area contributed by atoms with E-state index in [1.807, 2.05) is 12.1 Å². The van der Waals surface area contributed by atoms with Gasteiger partial charge in [0.1, 0.15) is 0 Å². The van der Waals surface area contributed by atoms with E-state index in [4.69, 9.17) is 16.3 Å². The summed E-state index contributed by atoms with van der Waals surface area (Å²) in [5.41, 5.74) is 2.67. The Labute approximate surface area is 226 Å². The number of anilines is 1. The number of hydrogen-bond acceptors (Lipinski definition) is 5. The normalized spacial score (nSPS) is 11.4. The van der Waals surface area contributed by atoms with Crippen molar-refractivity contribution in [3.05, 3.63) is 120 Å². The number of benzene rings is 3. The first-order valence-corrected chi connectivity index (χ1v) is 13.3. The number of methoxy groups -OCH3 is 1. The smallest absolute Gasteiger partial charge is 0.357 e. The molecule has 3 aromatic carbocycles. The third-order valence-corrected chi connectivity index (χ3v) is 7.61. The first kappa shape index (κ1) is 26.7. The van der Waals surface area contributed by atoms with Gasteiger partial charge in [0.2, 0.25) is 0 Å². The molecular formula is C30H23ClN2O4S. The topological polar surface area (TPSA) is 85.4 Å². The Morgan fingerprint density at radius 3 is 2.42 bits per heavy atom. The van der Waals surface area contributed by atoms with Crippen molar-refractivity contribution in [2.75, 3.05) is 11.8 Å². The molecule has 0 spiro atoms. The molecule has 0 atom stereocenters. The number of hydrogen-bond donors (Lipinski definition) is 1. The molecule has 0 bridgehead atoms. The van der Waals surface area contributed by atoms with Crippen LogP contribution in [0.3, 0.4) is 0 Å². The molecule has 0 aliphatic carbocycles. The maximum Gasteiger partial charge on any atom is 0.357 e. The summed E-state index contributed by atoms with van der Waals surface area (Å²) >= 11 is 6.32. The molecule has 4 aromatic rings. The molecule has 4 rings (SSSR count). The number of pyridine rings is 1. The summed E-state index contributed by atoms with van der Waals surface area (Å²) in [4.78, 5) is 16.5. The van der Waals surface area contributed by atoms with Crippen LogP contribution in [0.4, 0.5) is 5.69 Å². The largest absolute Gasteiger partial charge is 0.464 e. The molecule has 0 aliphatic heterocycles. The fourth-order valence-electron chi connectivity index (χ4n) is 3.92. The van der Waals surface area contributed by atoms with Gasteiger partial charge in [0.15, 0.2) is 5.69 Å². The van der Waals surface area contributed by atoms with Gasteiger partial charge in [-0.25, -0.2) is 18.2 Å². The van der Waals surface area contributed by atoms with Gasteiger partial charge in [-0.05, 0) is 42.3 Å². The SMILES string of the molecule is C=C/C=C(/Cl)c1cccc(S(=O)(=O)Nc2ccccc2C#Cc2cnc(C(=O)OC)c3ccccc23)c1C. The van der Waals surface area contributed by atoms with E-state index in [2.05, 4.69) is 28.1 Å². The Morgan fingerprint density at radius 2 is 1.68 bits per heavy atom. The molecule has 0 saturated heterocycles. The molecule has 0 fully saturated rings. The maximum atomic E-state index is 13.4. The van der Waals surface area contributed by atoms with Gasteiger partial charge in [0, 0.05) is 27.6 Å². The van der Waals surface area contributed by atoms with E-state index >= 15 is 0 Å². The monoisotopic (exact) mass is 542 g/mol. The molecule has 1 N–H and O–H groups in total.